The lowest BCUT2D eigenvalue weighted by molar-refractivity contribution is -0.132. The minimum absolute atomic E-state index is 0.240. The highest BCUT2D eigenvalue weighted by atomic mass is 16.2. The molecule has 5 nitrogen and oxygen atoms in total. The fraction of sp³-hybridized carbons (Fsp3) is 0.875. The number of nitrogens with zero attached hydrogens (tertiary/aromatic N) is 2. The minimum atomic E-state index is 0.240. The number of amides is 1. The van der Waals surface area contributed by atoms with E-state index in [1.54, 1.807) is 4.90 Å². The van der Waals surface area contributed by atoms with Crippen LogP contribution in [-0.2, 0) is 4.79 Å². The molecule has 5 heteroatoms. The van der Waals surface area contributed by atoms with Crippen molar-refractivity contribution in [2.24, 2.45) is 10.9 Å². The van der Waals surface area contributed by atoms with Crippen molar-refractivity contribution in [2.75, 3.05) is 26.7 Å². The van der Waals surface area contributed by atoms with E-state index in [4.69, 9.17) is 0 Å². The third kappa shape index (κ3) is 7.34. The van der Waals surface area contributed by atoms with Crippen molar-refractivity contribution in [3.8, 4) is 0 Å². The van der Waals surface area contributed by atoms with E-state index < -0.39 is 0 Å². The van der Waals surface area contributed by atoms with Crippen LogP contribution in [0.2, 0.25) is 0 Å². The molecule has 0 aromatic carbocycles. The van der Waals surface area contributed by atoms with E-state index in [0.29, 0.717) is 12.5 Å². The lowest BCUT2D eigenvalue weighted by Crippen LogP contribution is -2.51. The Morgan fingerprint density at radius 2 is 2.19 bits per heavy atom. The molecule has 1 rings (SSSR count). The fourth-order valence-corrected chi connectivity index (χ4v) is 2.50. The number of carbonyl (C=O) groups is 1. The highest BCUT2D eigenvalue weighted by molar-refractivity contribution is 5.81. The molecule has 0 radical (unpaired) electrons. The first kappa shape index (κ1) is 17.8. The van der Waals surface area contributed by atoms with Gasteiger partial charge in [-0.15, -0.1) is 0 Å². The van der Waals surface area contributed by atoms with Crippen LogP contribution in [0.4, 0.5) is 0 Å². The topological polar surface area (TPSA) is 56.7 Å². The van der Waals surface area contributed by atoms with Crippen LogP contribution in [0.5, 0.6) is 0 Å². The fourth-order valence-electron chi connectivity index (χ4n) is 2.50. The molecule has 1 aliphatic rings. The zero-order valence-corrected chi connectivity index (χ0v) is 14.1. The average Bonchev–Trinajstić information content (AvgIpc) is 2.42. The average molecular weight is 296 g/mol. The van der Waals surface area contributed by atoms with Crippen molar-refractivity contribution in [1.29, 1.82) is 0 Å². The van der Waals surface area contributed by atoms with E-state index in [2.05, 4.69) is 36.4 Å². The van der Waals surface area contributed by atoms with Gasteiger partial charge in [-0.05, 0) is 25.7 Å². The number of hydrogen-bond donors (Lipinski definition) is 2. The molecule has 0 bridgehead atoms. The van der Waals surface area contributed by atoms with Gasteiger partial charge in [-0.2, -0.15) is 0 Å². The Labute approximate surface area is 129 Å². The van der Waals surface area contributed by atoms with Crippen LogP contribution in [0.1, 0.15) is 52.9 Å². The molecule has 2 N–H and O–H groups in total. The van der Waals surface area contributed by atoms with Gasteiger partial charge < -0.3 is 15.5 Å². The molecular weight excluding hydrogens is 264 g/mol. The Kier molecular flexibility index (Phi) is 8.16. The molecule has 0 spiro atoms. The summed E-state index contributed by atoms with van der Waals surface area (Å²) in [5, 5.41) is 6.74. The van der Waals surface area contributed by atoms with Crippen LogP contribution >= 0.6 is 0 Å². The molecule has 1 unspecified atom stereocenters. The van der Waals surface area contributed by atoms with E-state index in [0.717, 1.165) is 44.4 Å². The number of aliphatic imine (C=N–C) groups is 1. The first-order valence-corrected chi connectivity index (χ1v) is 8.31. The van der Waals surface area contributed by atoms with Crippen LogP contribution in [0.3, 0.4) is 0 Å². The Hall–Kier alpha value is -1.26. The lowest BCUT2D eigenvalue weighted by atomic mass is 10.1. The Bertz CT molecular complexity index is 341. The van der Waals surface area contributed by atoms with Gasteiger partial charge in [0.2, 0.25) is 5.91 Å². The van der Waals surface area contributed by atoms with Gasteiger partial charge in [-0.25, -0.2) is 0 Å². The molecule has 1 amide bonds. The lowest BCUT2D eigenvalue weighted by Gasteiger charge is -2.31. The van der Waals surface area contributed by atoms with Crippen LogP contribution in [0, 0.1) is 5.92 Å². The molecule has 0 aromatic heterocycles. The first-order chi connectivity index (χ1) is 10.0. The molecule has 0 aliphatic carbocycles. The number of carbonyl (C=O) groups excluding carboxylic acids is 1. The number of guanidine groups is 1. The number of unbranched alkanes of at least 4 members (excludes halogenated alkanes) is 1. The third-order valence-corrected chi connectivity index (χ3v) is 3.77. The van der Waals surface area contributed by atoms with Gasteiger partial charge in [0.25, 0.3) is 0 Å². The van der Waals surface area contributed by atoms with Gasteiger partial charge in [0.05, 0.1) is 0 Å². The summed E-state index contributed by atoms with van der Waals surface area (Å²) in [7, 11) is 1.87. The van der Waals surface area contributed by atoms with Gasteiger partial charge in [0, 0.05) is 39.1 Å². The van der Waals surface area contributed by atoms with E-state index in [9.17, 15) is 4.79 Å². The van der Waals surface area contributed by atoms with Gasteiger partial charge in [0.15, 0.2) is 5.96 Å². The molecule has 1 fully saturated rings. The largest absolute Gasteiger partial charge is 0.357 e. The number of likely N-dealkylation sites (N-methyl/N-ethyl adjacent to an activating group) is 1. The Morgan fingerprint density at radius 3 is 2.81 bits per heavy atom. The van der Waals surface area contributed by atoms with Crippen molar-refractivity contribution in [2.45, 2.75) is 58.9 Å². The van der Waals surface area contributed by atoms with Crippen molar-refractivity contribution in [1.82, 2.24) is 15.5 Å². The molecule has 21 heavy (non-hydrogen) atoms. The van der Waals surface area contributed by atoms with Gasteiger partial charge >= 0.3 is 0 Å². The SMILES string of the molecule is CCNC(=NCCCCC(C)C)NC1CCC(=O)N(C)C1. The second kappa shape index (κ2) is 9.64. The van der Waals surface area contributed by atoms with E-state index in [-0.39, 0.29) is 5.91 Å². The van der Waals surface area contributed by atoms with Crippen molar-refractivity contribution < 1.29 is 4.79 Å². The molecule has 1 aliphatic heterocycles. The summed E-state index contributed by atoms with van der Waals surface area (Å²) in [5.41, 5.74) is 0. The smallest absolute Gasteiger partial charge is 0.222 e. The first-order valence-electron chi connectivity index (χ1n) is 8.31. The maximum absolute atomic E-state index is 11.5. The predicted molar refractivity (Wildman–Crippen MR) is 88.5 cm³/mol. The maximum Gasteiger partial charge on any atom is 0.222 e. The summed E-state index contributed by atoms with van der Waals surface area (Å²) in [5.74, 6) is 1.90. The number of hydrogen-bond acceptors (Lipinski definition) is 2. The number of piperidine rings is 1. The van der Waals surface area contributed by atoms with Gasteiger partial charge in [-0.1, -0.05) is 26.7 Å². The second-order valence-electron chi connectivity index (χ2n) is 6.30. The quantitative estimate of drug-likeness (QED) is 0.429. The summed E-state index contributed by atoms with van der Waals surface area (Å²) < 4.78 is 0. The zero-order valence-electron chi connectivity index (χ0n) is 14.1. The third-order valence-electron chi connectivity index (χ3n) is 3.77. The standard InChI is InChI=1S/C16H32N4O/c1-5-17-16(18-11-7-6-8-13(2)3)19-14-9-10-15(21)20(4)12-14/h13-14H,5-12H2,1-4H3,(H2,17,18,19). The molecule has 0 saturated carbocycles. The summed E-state index contributed by atoms with van der Waals surface area (Å²) in [6.45, 7) is 9.08. The summed E-state index contributed by atoms with van der Waals surface area (Å²) in [6.07, 6.45) is 5.16. The zero-order chi connectivity index (χ0) is 15.7. The van der Waals surface area contributed by atoms with Crippen LogP contribution in [0.25, 0.3) is 0 Å². The number of nitrogens with one attached hydrogen (secondary N) is 2. The predicted octanol–water partition coefficient (Wildman–Crippen LogP) is 1.99. The molecule has 1 atom stereocenters. The van der Waals surface area contributed by atoms with Crippen LogP contribution in [-0.4, -0.2) is 49.5 Å². The van der Waals surface area contributed by atoms with E-state index in [1.165, 1.54) is 12.8 Å². The van der Waals surface area contributed by atoms with Crippen molar-refractivity contribution in [3.63, 3.8) is 0 Å². The molecule has 1 saturated heterocycles. The molecule has 122 valence electrons. The molecule has 1 heterocycles. The van der Waals surface area contributed by atoms with Gasteiger partial charge in [0.1, 0.15) is 0 Å². The van der Waals surface area contributed by atoms with E-state index >= 15 is 0 Å². The second-order valence-corrected chi connectivity index (χ2v) is 6.30. The Morgan fingerprint density at radius 1 is 1.43 bits per heavy atom. The maximum atomic E-state index is 11.5. The van der Waals surface area contributed by atoms with Crippen LogP contribution < -0.4 is 10.6 Å². The normalized spacial score (nSPS) is 20.0. The van der Waals surface area contributed by atoms with Crippen molar-refractivity contribution >= 4 is 11.9 Å². The van der Waals surface area contributed by atoms with Gasteiger partial charge in [-0.3, -0.25) is 9.79 Å². The molecule has 0 aromatic rings. The Balaban J connectivity index is 2.36. The van der Waals surface area contributed by atoms with Crippen molar-refractivity contribution in [3.05, 3.63) is 0 Å². The monoisotopic (exact) mass is 296 g/mol. The number of rotatable bonds is 7. The summed E-state index contributed by atoms with van der Waals surface area (Å²) >= 11 is 0. The number of likely N-dealkylation sites (tertiary alicyclic amines) is 1. The molecular formula is C16H32N4O. The minimum Gasteiger partial charge on any atom is -0.357 e. The summed E-state index contributed by atoms with van der Waals surface area (Å²) in [4.78, 5) is 17.9. The highest BCUT2D eigenvalue weighted by Gasteiger charge is 2.23. The highest BCUT2D eigenvalue weighted by Crippen LogP contribution is 2.09. The van der Waals surface area contributed by atoms with E-state index in [1.807, 2.05) is 7.05 Å². The summed E-state index contributed by atoms with van der Waals surface area (Å²) in [6, 6.07) is 0.307. The van der Waals surface area contributed by atoms with Crippen LogP contribution in [0.15, 0.2) is 4.99 Å².